The van der Waals surface area contributed by atoms with Gasteiger partial charge < -0.3 is 10.2 Å². The molecule has 0 spiro atoms. The van der Waals surface area contributed by atoms with E-state index < -0.39 is 11.6 Å². The van der Waals surface area contributed by atoms with Gasteiger partial charge in [0.1, 0.15) is 0 Å². The summed E-state index contributed by atoms with van der Waals surface area (Å²) in [7, 11) is 0. The molecular formula is C18H19F2N3O2S. The highest BCUT2D eigenvalue weighted by Gasteiger charge is 2.22. The van der Waals surface area contributed by atoms with E-state index in [1.807, 2.05) is 22.4 Å². The van der Waals surface area contributed by atoms with E-state index in [9.17, 15) is 18.4 Å². The molecule has 2 amide bonds. The average molecular weight is 379 g/mol. The van der Waals surface area contributed by atoms with Crippen LogP contribution in [0.5, 0.6) is 0 Å². The predicted molar refractivity (Wildman–Crippen MR) is 96.3 cm³/mol. The van der Waals surface area contributed by atoms with Gasteiger partial charge in [-0.1, -0.05) is 6.07 Å². The number of amides is 2. The Kier molecular flexibility index (Phi) is 5.95. The lowest BCUT2D eigenvalue weighted by Gasteiger charge is -2.34. The van der Waals surface area contributed by atoms with E-state index in [4.69, 9.17) is 0 Å². The summed E-state index contributed by atoms with van der Waals surface area (Å²) in [4.78, 5) is 28.9. The van der Waals surface area contributed by atoms with Crippen LogP contribution >= 0.6 is 11.3 Å². The summed E-state index contributed by atoms with van der Waals surface area (Å²) in [6.07, 6.45) is 0.248. The first-order valence-electron chi connectivity index (χ1n) is 8.33. The van der Waals surface area contributed by atoms with Gasteiger partial charge in [0.05, 0.1) is 4.88 Å². The first kappa shape index (κ1) is 18.5. The van der Waals surface area contributed by atoms with E-state index in [-0.39, 0.29) is 23.9 Å². The lowest BCUT2D eigenvalue weighted by atomic mass is 10.2. The standard InChI is InChI=1S/C18H19F2N3O2S/c19-14-4-3-13(12-15(14)20)21-17(24)5-6-22-7-9-23(10-8-22)18(25)16-2-1-11-26-16/h1-4,11-12H,5-10H2,(H,21,24). The minimum atomic E-state index is -0.991. The molecule has 0 atom stereocenters. The van der Waals surface area contributed by atoms with Gasteiger partial charge in [0.15, 0.2) is 11.6 Å². The van der Waals surface area contributed by atoms with Gasteiger partial charge in [-0.3, -0.25) is 14.5 Å². The number of thiophene rings is 1. The van der Waals surface area contributed by atoms with E-state index in [1.165, 1.54) is 17.4 Å². The third kappa shape index (κ3) is 4.64. The van der Waals surface area contributed by atoms with Crippen LogP contribution in [0.25, 0.3) is 0 Å². The van der Waals surface area contributed by atoms with Crippen LogP contribution in [0, 0.1) is 11.6 Å². The number of benzene rings is 1. The second-order valence-electron chi connectivity index (χ2n) is 6.04. The molecule has 8 heteroatoms. The number of rotatable bonds is 5. The summed E-state index contributed by atoms with van der Waals surface area (Å²) >= 11 is 1.43. The summed E-state index contributed by atoms with van der Waals surface area (Å²) in [5.74, 6) is -2.14. The molecule has 0 unspecified atom stereocenters. The fourth-order valence-electron chi connectivity index (χ4n) is 2.79. The molecule has 1 saturated heterocycles. The third-order valence-corrected chi connectivity index (χ3v) is 5.11. The van der Waals surface area contributed by atoms with Gasteiger partial charge in [-0.05, 0) is 23.6 Å². The van der Waals surface area contributed by atoms with Crippen molar-refractivity contribution in [1.82, 2.24) is 9.80 Å². The molecule has 3 rings (SSSR count). The van der Waals surface area contributed by atoms with Gasteiger partial charge in [-0.25, -0.2) is 8.78 Å². The average Bonchev–Trinajstić information content (AvgIpc) is 3.18. The minimum Gasteiger partial charge on any atom is -0.335 e. The van der Waals surface area contributed by atoms with Crippen molar-refractivity contribution >= 4 is 28.8 Å². The lowest BCUT2D eigenvalue weighted by Crippen LogP contribution is -2.49. The van der Waals surface area contributed by atoms with Crippen molar-refractivity contribution < 1.29 is 18.4 Å². The van der Waals surface area contributed by atoms with E-state index in [0.29, 0.717) is 32.7 Å². The SMILES string of the molecule is O=C(CCN1CCN(C(=O)c2cccs2)CC1)Nc1ccc(F)c(F)c1. The number of hydrogen-bond donors (Lipinski definition) is 1. The summed E-state index contributed by atoms with van der Waals surface area (Å²) < 4.78 is 26.0. The molecule has 1 aromatic heterocycles. The maximum absolute atomic E-state index is 13.1. The normalized spacial score (nSPS) is 15.1. The van der Waals surface area contributed by atoms with Crippen molar-refractivity contribution in [2.24, 2.45) is 0 Å². The highest BCUT2D eigenvalue weighted by molar-refractivity contribution is 7.12. The number of carbonyl (C=O) groups is 2. The fraction of sp³-hybridized carbons (Fsp3) is 0.333. The zero-order chi connectivity index (χ0) is 18.5. The van der Waals surface area contributed by atoms with Crippen LogP contribution in [-0.2, 0) is 4.79 Å². The number of carbonyl (C=O) groups excluding carboxylic acids is 2. The van der Waals surface area contributed by atoms with Gasteiger partial charge in [-0.2, -0.15) is 0 Å². The molecule has 0 bridgehead atoms. The number of anilines is 1. The molecule has 1 aromatic carbocycles. The van der Waals surface area contributed by atoms with E-state index >= 15 is 0 Å². The second-order valence-corrected chi connectivity index (χ2v) is 6.99. The highest BCUT2D eigenvalue weighted by atomic mass is 32.1. The first-order valence-corrected chi connectivity index (χ1v) is 9.21. The molecule has 1 fully saturated rings. The summed E-state index contributed by atoms with van der Waals surface area (Å²) in [5.41, 5.74) is 0.236. The molecule has 1 aliphatic rings. The number of hydrogen-bond acceptors (Lipinski definition) is 4. The van der Waals surface area contributed by atoms with Crippen LogP contribution in [0.15, 0.2) is 35.7 Å². The smallest absolute Gasteiger partial charge is 0.264 e. The van der Waals surface area contributed by atoms with E-state index in [2.05, 4.69) is 10.2 Å². The van der Waals surface area contributed by atoms with Crippen LogP contribution in [-0.4, -0.2) is 54.3 Å². The van der Waals surface area contributed by atoms with Gasteiger partial charge in [0, 0.05) is 50.9 Å². The molecule has 0 saturated carbocycles. The topological polar surface area (TPSA) is 52.7 Å². The Morgan fingerprint density at radius 1 is 1.08 bits per heavy atom. The molecule has 1 aliphatic heterocycles. The maximum Gasteiger partial charge on any atom is 0.264 e. The molecule has 138 valence electrons. The molecule has 0 radical (unpaired) electrons. The Morgan fingerprint density at radius 2 is 1.85 bits per heavy atom. The Hall–Kier alpha value is -2.32. The summed E-state index contributed by atoms with van der Waals surface area (Å²) in [6, 6.07) is 6.95. The lowest BCUT2D eigenvalue weighted by molar-refractivity contribution is -0.116. The van der Waals surface area contributed by atoms with Gasteiger partial charge in [0.2, 0.25) is 5.91 Å². The number of nitrogens with zero attached hydrogens (tertiary/aromatic N) is 2. The molecule has 26 heavy (non-hydrogen) atoms. The fourth-order valence-corrected chi connectivity index (χ4v) is 3.48. The molecule has 2 aromatic rings. The molecule has 1 N–H and O–H groups in total. The third-order valence-electron chi connectivity index (χ3n) is 4.25. The van der Waals surface area contributed by atoms with Crippen molar-refractivity contribution in [2.75, 3.05) is 38.0 Å². The van der Waals surface area contributed by atoms with E-state index in [1.54, 1.807) is 0 Å². The summed E-state index contributed by atoms with van der Waals surface area (Å²) in [6.45, 7) is 3.21. The maximum atomic E-state index is 13.1. The Balaban J connectivity index is 1.41. The van der Waals surface area contributed by atoms with Crippen molar-refractivity contribution in [2.45, 2.75) is 6.42 Å². The van der Waals surface area contributed by atoms with Crippen LogP contribution < -0.4 is 5.32 Å². The number of nitrogens with one attached hydrogen (secondary N) is 1. The monoisotopic (exact) mass is 379 g/mol. The quantitative estimate of drug-likeness (QED) is 0.869. The van der Waals surface area contributed by atoms with Gasteiger partial charge in [-0.15, -0.1) is 11.3 Å². The van der Waals surface area contributed by atoms with Crippen LogP contribution in [0.3, 0.4) is 0 Å². The van der Waals surface area contributed by atoms with Gasteiger partial charge >= 0.3 is 0 Å². The zero-order valence-corrected chi connectivity index (χ0v) is 14.9. The Morgan fingerprint density at radius 3 is 2.50 bits per heavy atom. The van der Waals surface area contributed by atoms with Crippen molar-refractivity contribution in [3.05, 3.63) is 52.2 Å². The predicted octanol–water partition coefficient (Wildman–Crippen LogP) is 2.81. The van der Waals surface area contributed by atoms with E-state index in [0.717, 1.165) is 17.0 Å². The second kappa shape index (κ2) is 8.37. The highest BCUT2D eigenvalue weighted by Crippen LogP contribution is 2.15. The molecule has 2 heterocycles. The van der Waals surface area contributed by atoms with Crippen molar-refractivity contribution in [3.63, 3.8) is 0 Å². The van der Waals surface area contributed by atoms with Crippen LogP contribution in [0.4, 0.5) is 14.5 Å². The van der Waals surface area contributed by atoms with Crippen molar-refractivity contribution in [1.29, 1.82) is 0 Å². The van der Waals surface area contributed by atoms with Crippen molar-refractivity contribution in [3.8, 4) is 0 Å². The zero-order valence-electron chi connectivity index (χ0n) is 14.1. The molecule has 5 nitrogen and oxygen atoms in total. The largest absolute Gasteiger partial charge is 0.335 e. The minimum absolute atomic E-state index is 0.0516. The van der Waals surface area contributed by atoms with Gasteiger partial charge in [0.25, 0.3) is 5.91 Å². The first-order chi connectivity index (χ1) is 12.5. The summed E-state index contributed by atoms with van der Waals surface area (Å²) in [5, 5.41) is 4.44. The number of halogens is 2. The number of piperazine rings is 1. The Labute approximate surface area is 154 Å². The molecule has 0 aliphatic carbocycles. The van der Waals surface area contributed by atoms with Crippen LogP contribution in [0.2, 0.25) is 0 Å². The van der Waals surface area contributed by atoms with Crippen LogP contribution in [0.1, 0.15) is 16.1 Å². The molecular weight excluding hydrogens is 360 g/mol. The Bertz CT molecular complexity index is 775.